The fourth-order valence-electron chi connectivity index (χ4n) is 5.91. The van der Waals surface area contributed by atoms with Crippen molar-refractivity contribution in [1.82, 2.24) is 15.6 Å². The number of carbonyl (C=O) groups excluding carboxylic acids is 2. The molecule has 7 nitrogen and oxygen atoms in total. The van der Waals surface area contributed by atoms with E-state index in [1.54, 1.807) is 12.5 Å². The maximum Gasteiger partial charge on any atom is 0.253 e. The summed E-state index contributed by atoms with van der Waals surface area (Å²) in [5.74, 6) is 0.726. The molecule has 0 spiro atoms. The van der Waals surface area contributed by atoms with E-state index < -0.39 is 0 Å². The van der Waals surface area contributed by atoms with E-state index >= 15 is 0 Å². The summed E-state index contributed by atoms with van der Waals surface area (Å²) < 4.78 is 5.57. The minimum Gasteiger partial charge on any atom is -0.464 e. The normalized spacial score (nSPS) is 20.7. The number of carbonyl (C=O) groups is 2. The molecule has 2 aliphatic rings. The lowest BCUT2D eigenvalue weighted by Crippen LogP contribution is -2.50. The molecule has 2 N–H and O–H groups in total. The van der Waals surface area contributed by atoms with Crippen molar-refractivity contribution in [3.63, 3.8) is 0 Å². The first-order valence-electron chi connectivity index (χ1n) is 12.9. The zero-order valence-electron chi connectivity index (χ0n) is 20.8. The summed E-state index contributed by atoms with van der Waals surface area (Å²) in [5.41, 5.74) is 3.92. The first-order chi connectivity index (χ1) is 18.1. The molecule has 0 saturated carbocycles. The van der Waals surface area contributed by atoms with Gasteiger partial charge in [-0.25, -0.2) is 4.98 Å². The Kier molecular flexibility index (Phi) is 6.12. The lowest BCUT2D eigenvalue weighted by molar-refractivity contribution is 0.0924. The van der Waals surface area contributed by atoms with E-state index in [9.17, 15) is 9.59 Å². The van der Waals surface area contributed by atoms with Crippen LogP contribution in [0.2, 0.25) is 0 Å². The Labute approximate surface area is 215 Å². The van der Waals surface area contributed by atoms with Gasteiger partial charge in [0.05, 0.1) is 11.8 Å². The van der Waals surface area contributed by atoms with Crippen molar-refractivity contribution in [3.05, 3.63) is 95.4 Å². The molecule has 2 bridgehead atoms. The van der Waals surface area contributed by atoms with Gasteiger partial charge in [-0.2, -0.15) is 0 Å². The summed E-state index contributed by atoms with van der Waals surface area (Å²) in [7, 11) is 0. The number of piperidine rings is 1. The molecule has 188 valence electrons. The lowest BCUT2D eigenvalue weighted by atomic mass is 9.96. The number of rotatable bonds is 6. The molecule has 4 heterocycles. The van der Waals surface area contributed by atoms with Gasteiger partial charge in [-0.15, -0.1) is 0 Å². The molecule has 2 aromatic heterocycles. The molecule has 37 heavy (non-hydrogen) atoms. The van der Waals surface area contributed by atoms with Crippen molar-refractivity contribution in [3.8, 4) is 0 Å². The Morgan fingerprint density at radius 2 is 1.76 bits per heavy atom. The van der Waals surface area contributed by atoms with Crippen molar-refractivity contribution in [2.24, 2.45) is 0 Å². The van der Waals surface area contributed by atoms with Gasteiger partial charge >= 0.3 is 0 Å². The average Bonchev–Trinajstić information content (AvgIpc) is 3.51. The van der Waals surface area contributed by atoms with Crippen molar-refractivity contribution in [1.29, 1.82) is 0 Å². The van der Waals surface area contributed by atoms with Gasteiger partial charge in [0, 0.05) is 47.4 Å². The molecule has 0 aliphatic carbocycles. The van der Waals surface area contributed by atoms with Crippen LogP contribution in [0.5, 0.6) is 0 Å². The summed E-state index contributed by atoms with van der Waals surface area (Å²) in [6.07, 6.45) is 7.24. The predicted octanol–water partition coefficient (Wildman–Crippen LogP) is 5.00. The summed E-state index contributed by atoms with van der Waals surface area (Å²) in [6.45, 7) is 2.42. The van der Waals surface area contributed by atoms with E-state index in [-0.39, 0.29) is 17.9 Å². The van der Waals surface area contributed by atoms with Crippen LogP contribution in [0, 0.1) is 6.92 Å². The number of hydrogen-bond donors (Lipinski definition) is 2. The molecular weight excluding hydrogens is 464 g/mol. The van der Waals surface area contributed by atoms with Gasteiger partial charge in [0.1, 0.15) is 11.4 Å². The van der Waals surface area contributed by atoms with Crippen molar-refractivity contribution in [2.45, 2.75) is 57.3 Å². The van der Waals surface area contributed by atoms with Gasteiger partial charge in [0.15, 0.2) is 0 Å². The number of anilines is 1. The quantitative estimate of drug-likeness (QED) is 0.394. The molecule has 2 amide bonds. The summed E-state index contributed by atoms with van der Waals surface area (Å²) in [6, 6.07) is 20.1. The van der Waals surface area contributed by atoms with Crippen LogP contribution in [0.4, 0.5) is 5.82 Å². The van der Waals surface area contributed by atoms with E-state index in [0.717, 1.165) is 53.6 Å². The van der Waals surface area contributed by atoms with Gasteiger partial charge < -0.3 is 20.0 Å². The smallest absolute Gasteiger partial charge is 0.253 e. The molecule has 0 radical (unpaired) electrons. The molecule has 6 rings (SSSR count). The van der Waals surface area contributed by atoms with Crippen molar-refractivity contribution >= 4 is 28.6 Å². The number of aromatic nitrogens is 1. The zero-order valence-corrected chi connectivity index (χ0v) is 20.8. The van der Waals surface area contributed by atoms with Crippen LogP contribution >= 0.6 is 0 Å². The van der Waals surface area contributed by atoms with Gasteiger partial charge in [0.2, 0.25) is 0 Å². The Balaban J connectivity index is 1.08. The Hall–Kier alpha value is -4.13. The second kappa shape index (κ2) is 9.73. The van der Waals surface area contributed by atoms with Crippen LogP contribution in [0.15, 0.2) is 77.5 Å². The topological polar surface area (TPSA) is 87.5 Å². The number of aryl methyl sites for hydroxylation is 1. The number of nitrogens with zero attached hydrogens (tertiary/aromatic N) is 2. The van der Waals surface area contributed by atoms with Crippen LogP contribution in [0.3, 0.4) is 0 Å². The number of benzene rings is 2. The van der Waals surface area contributed by atoms with Gasteiger partial charge in [-0.05, 0) is 62.4 Å². The molecule has 2 aliphatic heterocycles. The molecule has 4 aromatic rings. The molecule has 7 heteroatoms. The van der Waals surface area contributed by atoms with E-state index in [1.807, 2.05) is 67.6 Å². The highest BCUT2D eigenvalue weighted by atomic mass is 16.3. The van der Waals surface area contributed by atoms with E-state index in [2.05, 4.69) is 20.5 Å². The molecule has 2 aromatic carbocycles. The first kappa shape index (κ1) is 23.3. The predicted molar refractivity (Wildman–Crippen MR) is 143 cm³/mol. The lowest BCUT2D eigenvalue weighted by Gasteiger charge is -2.40. The fraction of sp³-hybridized carbons (Fsp3) is 0.300. The number of amides is 2. The maximum absolute atomic E-state index is 13.1. The van der Waals surface area contributed by atoms with Crippen molar-refractivity contribution < 1.29 is 14.0 Å². The van der Waals surface area contributed by atoms with E-state index in [4.69, 9.17) is 4.42 Å². The Bertz CT molecular complexity index is 1420. The maximum atomic E-state index is 13.1. The molecule has 2 fully saturated rings. The largest absolute Gasteiger partial charge is 0.464 e. The highest BCUT2D eigenvalue weighted by Gasteiger charge is 2.42. The summed E-state index contributed by atoms with van der Waals surface area (Å²) in [5, 5.41) is 7.24. The SMILES string of the molecule is Cc1c(C(=O)N[C@H]2C[C@H]3CC[C@@H](C2)N3c2ccc(C(=O)NCc3ccccc3)cn2)ccc2ccoc12. The third-order valence-electron chi connectivity index (χ3n) is 7.75. The van der Waals surface area contributed by atoms with E-state index in [1.165, 1.54) is 0 Å². The molecule has 2 saturated heterocycles. The number of pyridine rings is 1. The fourth-order valence-corrected chi connectivity index (χ4v) is 5.91. The van der Waals surface area contributed by atoms with Crippen LogP contribution in [0.1, 0.15) is 57.5 Å². The third kappa shape index (κ3) is 4.57. The number of fused-ring (bicyclic) bond motifs is 3. The summed E-state index contributed by atoms with van der Waals surface area (Å²) >= 11 is 0. The van der Waals surface area contributed by atoms with Gasteiger partial charge in [-0.3, -0.25) is 9.59 Å². The average molecular weight is 495 g/mol. The second-order valence-electron chi connectivity index (χ2n) is 10.1. The standard InChI is InChI=1S/C30H30N4O3/c1-19-26(11-7-21-13-14-37-28(19)21)30(36)33-23-15-24-9-10-25(16-23)34(24)27-12-8-22(18-31-27)29(35)32-17-20-5-3-2-4-6-20/h2-8,11-14,18,23-25H,9-10,15-17H2,1H3,(H,32,35)(H,33,36)/t23-,24+,25-. The minimum atomic E-state index is -0.129. The second-order valence-corrected chi connectivity index (χ2v) is 10.1. The number of nitrogens with one attached hydrogen (secondary N) is 2. The van der Waals surface area contributed by atoms with Crippen LogP contribution in [-0.2, 0) is 6.54 Å². The Morgan fingerprint density at radius 1 is 0.973 bits per heavy atom. The molecular formula is C30H30N4O3. The molecule has 0 unspecified atom stereocenters. The van der Waals surface area contributed by atoms with E-state index in [0.29, 0.717) is 29.8 Å². The first-order valence-corrected chi connectivity index (χ1v) is 12.9. The van der Waals surface area contributed by atoms with Gasteiger partial charge in [-0.1, -0.05) is 36.4 Å². The summed E-state index contributed by atoms with van der Waals surface area (Å²) in [4.78, 5) is 32.7. The third-order valence-corrected chi connectivity index (χ3v) is 7.75. The van der Waals surface area contributed by atoms with Crippen molar-refractivity contribution in [2.75, 3.05) is 4.90 Å². The van der Waals surface area contributed by atoms with Crippen LogP contribution in [0.25, 0.3) is 11.0 Å². The monoisotopic (exact) mass is 494 g/mol. The Morgan fingerprint density at radius 3 is 2.49 bits per heavy atom. The zero-order chi connectivity index (χ0) is 25.4. The molecule has 3 atom stereocenters. The highest BCUT2D eigenvalue weighted by molar-refractivity contribution is 6.00. The number of hydrogen-bond acceptors (Lipinski definition) is 5. The van der Waals surface area contributed by atoms with Gasteiger partial charge in [0.25, 0.3) is 11.8 Å². The number of furan rings is 1. The van der Waals surface area contributed by atoms with Crippen LogP contribution in [-0.4, -0.2) is 34.9 Å². The van der Waals surface area contributed by atoms with Crippen LogP contribution < -0.4 is 15.5 Å². The highest BCUT2D eigenvalue weighted by Crippen LogP contribution is 2.38. The minimum absolute atomic E-state index is 0.0438.